The molecule has 0 unspecified atom stereocenters. The van der Waals surface area contributed by atoms with Crippen molar-refractivity contribution < 1.29 is 4.79 Å². The number of thiol groups is 1. The highest BCUT2D eigenvalue weighted by atomic mass is 32.1. The molecule has 2 atom stereocenters. The van der Waals surface area contributed by atoms with Crippen molar-refractivity contribution in [1.82, 2.24) is 10.6 Å². The van der Waals surface area contributed by atoms with Crippen LogP contribution in [0.15, 0.2) is 0 Å². The van der Waals surface area contributed by atoms with Gasteiger partial charge >= 0.3 is 0 Å². The predicted octanol–water partition coefficient (Wildman–Crippen LogP) is 0.809. The van der Waals surface area contributed by atoms with Gasteiger partial charge in [0.2, 0.25) is 5.91 Å². The van der Waals surface area contributed by atoms with Gasteiger partial charge in [-0.15, -0.1) is 0 Å². The third-order valence-electron chi connectivity index (χ3n) is 2.42. The Bertz CT molecular complexity index is 197. The van der Waals surface area contributed by atoms with Crippen LogP contribution in [0.3, 0.4) is 0 Å². The first kappa shape index (κ1) is 11.9. The summed E-state index contributed by atoms with van der Waals surface area (Å²) >= 11 is 4.45. The third kappa shape index (κ3) is 3.88. The molecule has 0 radical (unpaired) electrons. The maximum atomic E-state index is 11.4. The van der Waals surface area contributed by atoms with Crippen molar-refractivity contribution >= 4 is 18.5 Å². The van der Waals surface area contributed by atoms with Gasteiger partial charge in [-0.05, 0) is 18.9 Å². The number of carbonyl (C=O) groups excluding carboxylic acids is 1. The lowest BCUT2D eigenvalue weighted by atomic mass is 10.1. The molecule has 3 nitrogen and oxygen atoms in total. The molecule has 1 rings (SSSR count). The minimum atomic E-state index is 0.147. The summed E-state index contributed by atoms with van der Waals surface area (Å²) in [6.45, 7) is 5.82. The van der Waals surface area contributed by atoms with E-state index in [9.17, 15) is 4.79 Å². The summed E-state index contributed by atoms with van der Waals surface area (Å²) in [5.41, 5.74) is 0. The van der Waals surface area contributed by atoms with Gasteiger partial charge in [-0.1, -0.05) is 13.8 Å². The average Bonchev–Trinajstić information content (AvgIpc) is 2.46. The number of nitrogens with one attached hydrogen (secondary N) is 2. The van der Waals surface area contributed by atoms with E-state index in [0.717, 1.165) is 13.0 Å². The van der Waals surface area contributed by atoms with E-state index in [2.05, 4.69) is 37.1 Å². The molecule has 1 saturated heterocycles. The SMILES string of the molecule is CC(C)CC(=O)NC[C@@H]1NCC[C@@H]1S. The summed E-state index contributed by atoms with van der Waals surface area (Å²) in [5, 5.41) is 6.64. The highest BCUT2D eigenvalue weighted by Crippen LogP contribution is 2.12. The minimum absolute atomic E-state index is 0.147. The van der Waals surface area contributed by atoms with Gasteiger partial charge in [0.05, 0.1) is 0 Å². The van der Waals surface area contributed by atoms with Crippen molar-refractivity contribution in [2.75, 3.05) is 13.1 Å². The lowest BCUT2D eigenvalue weighted by molar-refractivity contribution is -0.121. The van der Waals surface area contributed by atoms with Gasteiger partial charge in [0, 0.05) is 24.3 Å². The normalized spacial score (nSPS) is 26.9. The zero-order chi connectivity index (χ0) is 10.6. The van der Waals surface area contributed by atoms with E-state index in [4.69, 9.17) is 0 Å². The summed E-state index contributed by atoms with van der Waals surface area (Å²) in [6.07, 6.45) is 1.71. The van der Waals surface area contributed by atoms with E-state index in [-0.39, 0.29) is 5.91 Å². The summed E-state index contributed by atoms with van der Waals surface area (Å²) in [5.74, 6) is 0.576. The number of carbonyl (C=O) groups is 1. The number of hydrogen-bond donors (Lipinski definition) is 3. The third-order valence-corrected chi connectivity index (χ3v) is 3.04. The highest BCUT2D eigenvalue weighted by Gasteiger charge is 2.23. The Morgan fingerprint density at radius 1 is 1.64 bits per heavy atom. The predicted molar refractivity (Wildman–Crippen MR) is 61.6 cm³/mol. The van der Waals surface area contributed by atoms with E-state index in [0.29, 0.717) is 30.2 Å². The fraction of sp³-hybridized carbons (Fsp3) is 0.900. The first-order valence-corrected chi connectivity index (χ1v) is 5.79. The zero-order valence-electron chi connectivity index (χ0n) is 8.92. The molecule has 1 aliphatic rings. The van der Waals surface area contributed by atoms with Crippen LogP contribution in [0.5, 0.6) is 0 Å². The fourth-order valence-electron chi connectivity index (χ4n) is 1.63. The Morgan fingerprint density at radius 3 is 2.86 bits per heavy atom. The summed E-state index contributed by atoms with van der Waals surface area (Å²) in [4.78, 5) is 11.4. The molecule has 14 heavy (non-hydrogen) atoms. The van der Waals surface area contributed by atoms with Crippen LogP contribution < -0.4 is 10.6 Å². The Balaban J connectivity index is 2.16. The van der Waals surface area contributed by atoms with Crippen LogP contribution in [-0.2, 0) is 4.79 Å². The number of amides is 1. The molecule has 0 spiro atoms. The Morgan fingerprint density at radius 2 is 2.36 bits per heavy atom. The van der Waals surface area contributed by atoms with Crippen molar-refractivity contribution in [3.8, 4) is 0 Å². The zero-order valence-corrected chi connectivity index (χ0v) is 9.81. The van der Waals surface area contributed by atoms with E-state index in [1.807, 2.05) is 0 Å². The van der Waals surface area contributed by atoms with Crippen molar-refractivity contribution in [2.45, 2.75) is 38.0 Å². The Kier molecular flexibility index (Phi) is 4.75. The quantitative estimate of drug-likeness (QED) is 0.609. The topological polar surface area (TPSA) is 41.1 Å². The van der Waals surface area contributed by atoms with Crippen LogP contribution in [0.4, 0.5) is 0 Å². The van der Waals surface area contributed by atoms with Crippen LogP contribution in [0.1, 0.15) is 26.7 Å². The van der Waals surface area contributed by atoms with Gasteiger partial charge in [-0.25, -0.2) is 0 Å². The minimum Gasteiger partial charge on any atom is -0.354 e. The molecule has 0 aromatic rings. The average molecular weight is 216 g/mol. The van der Waals surface area contributed by atoms with Gasteiger partial charge in [-0.2, -0.15) is 12.6 Å². The monoisotopic (exact) mass is 216 g/mol. The summed E-state index contributed by atoms with van der Waals surface area (Å²) < 4.78 is 0. The molecule has 0 aromatic carbocycles. The van der Waals surface area contributed by atoms with Crippen molar-refractivity contribution in [1.29, 1.82) is 0 Å². The molecular weight excluding hydrogens is 196 g/mol. The maximum Gasteiger partial charge on any atom is 0.220 e. The molecule has 0 aliphatic carbocycles. The van der Waals surface area contributed by atoms with E-state index in [1.54, 1.807) is 0 Å². The molecule has 1 fully saturated rings. The molecule has 0 bridgehead atoms. The highest BCUT2D eigenvalue weighted by molar-refractivity contribution is 7.81. The van der Waals surface area contributed by atoms with Crippen LogP contribution in [0.25, 0.3) is 0 Å². The molecular formula is C10H20N2OS. The van der Waals surface area contributed by atoms with Crippen molar-refractivity contribution in [3.63, 3.8) is 0 Å². The molecule has 0 aromatic heterocycles. The smallest absolute Gasteiger partial charge is 0.220 e. The van der Waals surface area contributed by atoms with E-state index in [1.165, 1.54) is 0 Å². The number of rotatable bonds is 4. The van der Waals surface area contributed by atoms with E-state index >= 15 is 0 Å². The molecule has 0 saturated carbocycles. The molecule has 1 amide bonds. The lowest BCUT2D eigenvalue weighted by Gasteiger charge is -2.16. The van der Waals surface area contributed by atoms with Crippen molar-refractivity contribution in [2.24, 2.45) is 5.92 Å². The van der Waals surface area contributed by atoms with Crippen LogP contribution in [-0.4, -0.2) is 30.3 Å². The van der Waals surface area contributed by atoms with Crippen LogP contribution in [0.2, 0.25) is 0 Å². The largest absolute Gasteiger partial charge is 0.354 e. The Hall–Kier alpha value is -0.220. The molecule has 82 valence electrons. The lowest BCUT2D eigenvalue weighted by Crippen LogP contribution is -2.41. The second-order valence-corrected chi connectivity index (χ2v) is 4.98. The van der Waals surface area contributed by atoms with Crippen LogP contribution in [0, 0.1) is 5.92 Å². The summed E-state index contributed by atoms with van der Waals surface area (Å²) in [7, 11) is 0. The first-order chi connectivity index (χ1) is 6.59. The molecule has 1 aliphatic heterocycles. The molecule has 2 N–H and O–H groups in total. The number of hydrogen-bond acceptors (Lipinski definition) is 3. The van der Waals surface area contributed by atoms with Gasteiger partial charge in [0.15, 0.2) is 0 Å². The van der Waals surface area contributed by atoms with E-state index < -0.39 is 0 Å². The first-order valence-electron chi connectivity index (χ1n) is 5.27. The molecule has 4 heteroatoms. The molecule has 1 heterocycles. The van der Waals surface area contributed by atoms with Gasteiger partial charge in [0.1, 0.15) is 0 Å². The summed E-state index contributed by atoms with van der Waals surface area (Å²) in [6, 6.07) is 0.342. The Labute approximate surface area is 91.4 Å². The van der Waals surface area contributed by atoms with Gasteiger partial charge in [0.25, 0.3) is 0 Å². The van der Waals surface area contributed by atoms with Gasteiger partial charge < -0.3 is 10.6 Å². The van der Waals surface area contributed by atoms with Gasteiger partial charge in [-0.3, -0.25) is 4.79 Å². The second kappa shape index (κ2) is 5.61. The van der Waals surface area contributed by atoms with Crippen molar-refractivity contribution in [3.05, 3.63) is 0 Å². The standard InChI is InChI=1S/C10H20N2OS/c1-7(2)5-10(13)12-6-8-9(14)3-4-11-8/h7-9,11,14H,3-6H2,1-2H3,(H,12,13)/t8-,9-/m0/s1. The van der Waals surface area contributed by atoms with Crippen LogP contribution >= 0.6 is 12.6 Å². The second-order valence-electron chi connectivity index (χ2n) is 4.32. The maximum absolute atomic E-state index is 11.4. The fourth-order valence-corrected chi connectivity index (χ4v) is 1.97.